The van der Waals surface area contributed by atoms with Gasteiger partial charge in [0, 0.05) is 31.0 Å². The molecule has 1 aliphatic rings. The summed E-state index contributed by atoms with van der Waals surface area (Å²) in [5.74, 6) is 0.804. The second kappa shape index (κ2) is 7.74. The molecule has 4 rings (SSSR count). The van der Waals surface area contributed by atoms with Gasteiger partial charge in [-0.3, -0.25) is 4.98 Å². The number of anilines is 2. The number of aromatic nitrogens is 5. The van der Waals surface area contributed by atoms with Crippen LogP contribution in [0.2, 0.25) is 0 Å². The lowest BCUT2D eigenvalue weighted by molar-refractivity contribution is -0.141. The molecule has 1 fully saturated rings. The van der Waals surface area contributed by atoms with Crippen LogP contribution in [0.15, 0.2) is 30.9 Å². The molecule has 1 atom stereocenters. The number of halogens is 3. The average molecular weight is 405 g/mol. The minimum absolute atomic E-state index is 0.0184. The maximum atomic E-state index is 13.2. The summed E-state index contributed by atoms with van der Waals surface area (Å²) in [6.45, 7) is 3.58. The molecule has 0 aromatic carbocycles. The van der Waals surface area contributed by atoms with Crippen molar-refractivity contribution in [2.24, 2.45) is 0 Å². The summed E-state index contributed by atoms with van der Waals surface area (Å²) < 4.78 is 45.1. The third-order valence-electron chi connectivity index (χ3n) is 4.59. The molecule has 0 spiro atoms. The molecule has 1 N–H and O–H groups in total. The van der Waals surface area contributed by atoms with Crippen molar-refractivity contribution in [2.45, 2.75) is 25.7 Å². The number of pyridine rings is 1. The minimum atomic E-state index is -4.54. The molecule has 0 bridgehead atoms. The van der Waals surface area contributed by atoms with Crippen molar-refractivity contribution in [3.8, 4) is 0 Å². The molecular weight excluding hydrogens is 387 g/mol. The van der Waals surface area contributed by atoms with E-state index >= 15 is 0 Å². The molecular formula is C18H18F3N7O. The van der Waals surface area contributed by atoms with Crippen LogP contribution in [0.4, 0.5) is 24.9 Å². The van der Waals surface area contributed by atoms with Gasteiger partial charge in [-0.05, 0) is 13.0 Å². The number of alkyl halides is 3. The first-order valence-corrected chi connectivity index (χ1v) is 9.00. The van der Waals surface area contributed by atoms with Crippen LogP contribution in [0.25, 0.3) is 11.0 Å². The van der Waals surface area contributed by atoms with E-state index in [9.17, 15) is 13.2 Å². The number of fused-ring (bicyclic) bond motifs is 1. The zero-order valence-electron chi connectivity index (χ0n) is 15.5. The quantitative estimate of drug-likeness (QED) is 0.709. The average Bonchev–Trinajstić information content (AvgIpc) is 2.71. The number of ether oxygens (including phenoxy) is 1. The van der Waals surface area contributed by atoms with E-state index in [1.54, 1.807) is 0 Å². The Bertz CT molecular complexity index is 1010. The van der Waals surface area contributed by atoms with E-state index in [1.807, 2.05) is 11.8 Å². The zero-order chi connectivity index (χ0) is 20.4. The lowest BCUT2D eigenvalue weighted by atomic mass is 10.2. The fraction of sp³-hybridized carbons (Fsp3) is 0.389. The Kier molecular flexibility index (Phi) is 5.14. The van der Waals surface area contributed by atoms with E-state index in [0.29, 0.717) is 42.6 Å². The van der Waals surface area contributed by atoms with Gasteiger partial charge in [-0.15, -0.1) is 0 Å². The molecule has 152 valence electrons. The van der Waals surface area contributed by atoms with Gasteiger partial charge in [0.2, 0.25) is 5.95 Å². The van der Waals surface area contributed by atoms with E-state index in [1.165, 1.54) is 24.7 Å². The minimum Gasteiger partial charge on any atom is -0.377 e. The maximum Gasteiger partial charge on any atom is 0.433 e. The Balaban J connectivity index is 1.69. The number of hydrogen-bond acceptors (Lipinski definition) is 8. The smallest absolute Gasteiger partial charge is 0.377 e. The first-order valence-electron chi connectivity index (χ1n) is 9.00. The molecule has 29 heavy (non-hydrogen) atoms. The van der Waals surface area contributed by atoms with Crippen LogP contribution >= 0.6 is 0 Å². The van der Waals surface area contributed by atoms with Crippen molar-refractivity contribution in [1.82, 2.24) is 24.9 Å². The molecule has 0 radical (unpaired) electrons. The number of rotatable bonds is 4. The molecule has 3 aromatic rings. The van der Waals surface area contributed by atoms with E-state index in [4.69, 9.17) is 4.74 Å². The Hall–Kier alpha value is -3.08. The molecule has 4 heterocycles. The van der Waals surface area contributed by atoms with Crippen LogP contribution in [0.5, 0.6) is 0 Å². The summed E-state index contributed by atoms with van der Waals surface area (Å²) in [7, 11) is 0. The summed E-state index contributed by atoms with van der Waals surface area (Å²) in [5.41, 5.74) is -0.498. The molecule has 1 saturated heterocycles. The zero-order valence-corrected chi connectivity index (χ0v) is 15.5. The first kappa shape index (κ1) is 19.2. The van der Waals surface area contributed by atoms with Crippen molar-refractivity contribution >= 4 is 22.8 Å². The van der Waals surface area contributed by atoms with E-state index < -0.39 is 11.9 Å². The fourth-order valence-corrected chi connectivity index (χ4v) is 3.16. The molecule has 1 unspecified atom stereocenters. The monoisotopic (exact) mass is 405 g/mol. The van der Waals surface area contributed by atoms with Crippen LogP contribution in [0.1, 0.15) is 18.2 Å². The number of hydrogen-bond donors (Lipinski definition) is 1. The third kappa shape index (κ3) is 4.04. The molecule has 11 heteroatoms. The van der Waals surface area contributed by atoms with Crippen molar-refractivity contribution in [3.05, 3.63) is 42.1 Å². The van der Waals surface area contributed by atoms with Gasteiger partial charge in [0.15, 0.2) is 5.65 Å². The summed E-state index contributed by atoms with van der Waals surface area (Å²) in [5, 5.41) is 3.50. The van der Waals surface area contributed by atoms with Gasteiger partial charge in [0.25, 0.3) is 0 Å². The first-order chi connectivity index (χ1) is 13.9. The Labute approximate surface area is 164 Å². The molecule has 0 aliphatic carbocycles. The predicted octanol–water partition coefficient (Wildman–Crippen LogP) is 2.67. The second-order valence-electron chi connectivity index (χ2n) is 6.61. The van der Waals surface area contributed by atoms with Gasteiger partial charge in [-0.2, -0.15) is 23.1 Å². The van der Waals surface area contributed by atoms with Crippen LogP contribution in [-0.2, 0) is 17.5 Å². The maximum absolute atomic E-state index is 13.2. The van der Waals surface area contributed by atoms with Crippen molar-refractivity contribution < 1.29 is 17.9 Å². The highest BCUT2D eigenvalue weighted by Crippen LogP contribution is 2.31. The SMILES string of the molecule is CC1COCCN1c1nc(NCc2cccnc2C(F)(F)F)c2cncnc2n1. The number of morpholine rings is 1. The Morgan fingerprint density at radius 3 is 2.93 bits per heavy atom. The highest BCUT2D eigenvalue weighted by molar-refractivity contribution is 5.86. The van der Waals surface area contributed by atoms with Gasteiger partial charge < -0.3 is 15.0 Å². The second-order valence-corrected chi connectivity index (χ2v) is 6.61. The van der Waals surface area contributed by atoms with Crippen LogP contribution < -0.4 is 10.2 Å². The molecule has 3 aromatic heterocycles. The largest absolute Gasteiger partial charge is 0.433 e. The standard InChI is InChI=1S/C18H18F3N7O/c1-11-9-29-6-5-28(11)17-26-15(13-8-22-10-25-16(13)27-17)24-7-12-3-2-4-23-14(12)18(19,20)21/h2-4,8,10-11H,5-7,9H2,1H3,(H,22,24,25,26,27). The lowest BCUT2D eigenvalue weighted by Gasteiger charge is -2.33. The molecule has 0 amide bonds. The van der Waals surface area contributed by atoms with Gasteiger partial charge in [-0.25, -0.2) is 9.97 Å². The summed E-state index contributed by atoms with van der Waals surface area (Å²) >= 11 is 0. The summed E-state index contributed by atoms with van der Waals surface area (Å²) in [6.07, 6.45) is -0.513. The van der Waals surface area contributed by atoms with Crippen LogP contribution in [-0.4, -0.2) is 50.7 Å². The van der Waals surface area contributed by atoms with Gasteiger partial charge in [-0.1, -0.05) is 6.07 Å². The van der Waals surface area contributed by atoms with Crippen molar-refractivity contribution in [2.75, 3.05) is 30.0 Å². The van der Waals surface area contributed by atoms with Crippen LogP contribution in [0.3, 0.4) is 0 Å². The van der Waals surface area contributed by atoms with Crippen molar-refractivity contribution in [3.63, 3.8) is 0 Å². The summed E-state index contributed by atoms with van der Waals surface area (Å²) in [4.78, 5) is 22.7. The normalized spacial score (nSPS) is 17.5. The topological polar surface area (TPSA) is 89.0 Å². The Morgan fingerprint density at radius 1 is 1.28 bits per heavy atom. The lowest BCUT2D eigenvalue weighted by Crippen LogP contribution is -2.44. The van der Waals surface area contributed by atoms with Crippen LogP contribution in [0, 0.1) is 0 Å². The predicted molar refractivity (Wildman–Crippen MR) is 99.3 cm³/mol. The van der Waals surface area contributed by atoms with E-state index in [0.717, 1.165) is 6.20 Å². The third-order valence-corrected chi connectivity index (χ3v) is 4.59. The highest BCUT2D eigenvalue weighted by atomic mass is 19.4. The van der Waals surface area contributed by atoms with Crippen molar-refractivity contribution in [1.29, 1.82) is 0 Å². The van der Waals surface area contributed by atoms with Gasteiger partial charge in [0.1, 0.15) is 17.8 Å². The summed E-state index contributed by atoms with van der Waals surface area (Å²) in [6, 6.07) is 2.91. The van der Waals surface area contributed by atoms with E-state index in [2.05, 4.69) is 30.2 Å². The van der Waals surface area contributed by atoms with E-state index in [-0.39, 0.29) is 18.2 Å². The fourth-order valence-electron chi connectivity index (χ4n) is 3.16. The molecule has 8 nitrogen and oxygen atoms in total. The highest BCUT2D eigenvalue weighted by Gasteiger charge is 2.35. The Morgan fingerprint density at radius 2 is 2.14 bits per heavy atom. The molecule has 1 aliphatic heterocycles. The van der Waals surface area contributed by atoms with Gasteiger partial charge in [0.05, 0.1) is 24.6 Å². The molecule has 0 saturated carbocycles. The van der Waals surface area contributed by atoms with Gasteiger partial charge >= 0.3 is 6.18 Å². The number of nitrogens with zero attached hydrogens (tertiary/aromatic N) is 6. The number of nitrogens with one attached hydrogen (secondary N) is 1.